The first kappa shape index (κ1) is 12.4. The van der Waals surface area contributed by atoms with Crippen molar-refractivity contribution in [3.05, 3.63) is 17.3 Å². The van der Waals surface area contributed by atoms with Gasteiger partial charge in [0.15, 0.2) is 15.7 Å². The van der Waals surface area contributed by atoms with Gasteiger partial charge in [-0.3, -0.25) is 0 Å². The zero-order valence-corrected chi connectivity index (χ0v) is 11.0. The SMILES string of the molecule is CN(c1nc(Cl)ccc1N)C1CCS(=O)(=O)C1. The number of halogens is 1. The quantitative estimate of drug-likeness (QED) is 0.813. The number of nitrogen functional groups attached to an aromatic ring is 1. The van der Waals surface area contributed by atoms with E-state index in [-0.39, 0.29) is 17.5 Å². The Morgan fingerprint density at radius 1 is 1.53 bits per heavy atom. The first-order chi connectivity index (χ1) is 7.89. The zero-order chi connectivity index (χ0) is 12.6. The van der Waals surface area contributed by atoms with Gasteiger partial charge in [-0.1, -0.05) is 11.6 Å². The molecule has 2 rings (SSSR count). The van der Waals surface area contributed by atoms with E-state index in [4.69, 9.17) is 17.3 Å². The van der Waals surface area contributed by atoms with Crippen LogP contribution in [0, 0.1) is 0 Å². The van der Waals surface area contributed by atoms with Crippen molar-refractivity contribution < 1.29 is 8.42 Å². The van der Waals surface area contributed by atoms with Gasteiger partial charge in [-0.15, -0.1) is 0 Å². The van der Waals surface area contributed by atoms with Crippen LogP contribution in [0.15, 0.2) is 12.1 Å². The molecular weight excluding hydrogens is 262 g/mol. The average Bonchev–Trinajstić information content (AvgIpc) is 2.61. The maximum absolute atomic E-state index is 11.4. The summed E-state index contributed by atoms with van der Waals surface area (Å²) in [6.07, 6.45) is 0.604. The minimum absolute atomic E-state index is 0.0757. The summed E-state index contributed by atoms with van der Waals surface area (Å²) in [5.74, 6) is 0.916. The molecule has 0 radical (unpaired) electrons. The minimum atomic E-state index is -2.91. The van der Waals surface area contributed by atoms with Crippen LogP contribution in [0.4, 0.5) is 11.5 Å². The fraction of sp³-hybridized carbons (Fsp3) is 0.500. The summed E-state index contributed by atoms with van der Waals surface area (Å²) in [6.45, 7) is 0. The molecule has 2 heterocycles. The van der Waals surface area contributed by atoms with E-state index in [1.807, 2.05) is 0 Å². The Hall–Kier alpha value is -1.01. The number of anilines is 2. The highest BCUT2D eigenvalue weighted by Crippen LogP contribution is 2.27. The van der Waals surface area contributed by atoms with Crippen LogP contribution in [0.3, 0.4) is 0 Å². The van der Waals surface area contributed by atoms with Crippen LogP contribution in [0.2, 0.25) is 5.15 Å². The Morgan fingerprint density at radius 3 is 2.82 bits per heavy atom. The molecule has 1 aliphatic rings. The number of pyridine rings is 1. The van der Waals surface area contributed by atoms with Crippen molar-refractivity contribution in [1.82, 2.24) is 4.98 Å². The third-order valence-corrected chi connectivity index (χ3v) is 4.92. The van der Waals surface area contributed by atoms with E-state index in [1.54, 1.807) is 24.1 Å². The lowest BCUT2D eigenvalue weighted by atomic mass is 10.2. The second kappa shape index (κ2) is 4.34. The highest BCUT2D eigenvalue weighted by molar-refractivity contribution is 7.91. The summed E-state index contributed by atoms with van der Waals surface area (Å²) < 4.78 is 22.8. The molecule has 1 aromatic rings. The number of sulfone groups is 1. The maximum Gasteiger partial charge on any atom is 0.153 e. The summed E-state index contributed by atoms with van der Waals surface area (Å²) in [5, 5.41) is 0.349. The zero-order valence-electron chi connectivity index (χ0n) is 9.43. The van der Waals surface area contributed by atoms with Gasteiger partial charge in [0.05, 0.1) is 17.2 Å². The molecule has 0 aliphatic carbocycles. The molecule has 0 bridgehead atoms. The lowest BCUT2D eigenvalue weighted by Gasteiger charge is -2.25. The molecule has 1 aliphatic heterocycles. The van der Waals surface area contributed by atoms with Gasteiger partial charge in [-0.25, -0.2) is 13.4 Å². The van der Waals surface area contributed by atoms with Gasteiger partial charge in [0.1, 0.15) is 5.15 Å². The molecule has 0 aromatic carbocycles. The molecule has 1 saturated heterocycles. The Balaban J connectivity index is 2.26. The molecule has 94 valence electrons. The predicted molar refractivity (Wildman–Crippen MR) is 69.1 cm³/mol. The highest BCUT2D eigenvalue weighted by Gasteiger charge is 2.31. The second-order valence-corrected chi connectivity index (χ2v) is 6.83. The largest absolute Gasteiger partial charge is 0.396 e. The average molecular weight is 276 g/mol. The summed E-state index contributed by atoms with van der Waals surface area (Å²) in [7, 11) is -1.12. The fourth-order valence-corrected chi connectivity index (χ4v) is 3.89. The van der Waals surface area contributed by atoms with Gasteiger partial charge in [-0.2, -0.15) is 0 Å². The molecule has 1 aromatic heterocycles. The van der Waals surface area contributed by atoms with Crippen molar-refractivity contribution in [3.63, 3.8) is 0 Å². The molecule has 5 nitrogen and oxygen atoms in total. The maximum atomic E-state index is 11.4. The molecule has 17 heavy (non-hydrogen) atoms. The van der Waals surface area contributed by atoms with Crippen molar-refractivity contribution >= 4 is 32.9 Å². The molecule has 0 amide bonds. The molecule has 1 unspecified atom stereocenters. The van der Waals surface area contributed by atoms with Crippen LogP contribution in [0.1, 0.15) is 6.42 Å². The third kappa shape index (κ3) is 2.63. The second-order valence-electron chi connectivity index (χ2n) is 4.21. The standard InChI is InChI=1S/C10H14ClN3O2S/c1-14(7-4-5-17(15,16)6-7)10-8(12)2-3-9(11)13-10/h2-3,7H,4-6,12H2,1H3. The van der Waals surface area contributed by atoms with E-state index in [1.165, 1.54) is 0 Å². The fourth-order valence-electron chi connectivity index (χ4n) is 1.97. The number of aromatic nitrogens is 1. The van der Waals surface area contributed by atoms with E-state index in [9.17, 15) is 8.42 Å². The van der Waals surface area contributed by atoms with E-state index < -0.39 is 9.84 Å². The lowest BCUT2D eigenvalue weighted by Crippen LogP contribution is -2.33. The topological polar surface area (TPSA) is 76.3 Å². The molecular formula is C10H14ClN3O2S. The molecule has 0 saturated carbocycles. The van der Waals surface area contributed by atoms with Crippen LogP contribution in [-0.4, -0.2) is 38.0 Å². The molecule has 1 atom stereocenters. The number of rotatable bonds is 2. The first-order valence-electron chi connectivity index (χ1n) is 5.24. The van der Waals surface area contributed by atoms with Crippen molar-refractivity contribution in [2.45, 2.75) is 12.5 Å². The van der Waals surface area contributed by atoms with Gasteiger partial charge >= 0.3 is 0 Å². The van der Waals surface area contributed by atoms with Crippen molar-refractivity contribution in [2.24, 2.45) is 0 Å². The normalized spacial score (nSPS) is 22.6. The van der Waals surface area contributed by atoms with Crippen LogP contribution < -0.4 is 10.6 Å². The van der Waals surface area contributed by atoms with E-state index in [0.717, 1.165) is 0 Å². The third-order valence-electron chi connectivity index (χ3n) is 2.96. The summed E-state index contributed by atoms with van der Waals surface area (Å²) in [4.78, 5) is 5.93. The summed E-state index contributed by atoms with van der Waals surface area (Å²) in [6, 6.07) is 3.21. The Morgan fingerprint density at radius 2 is 2.24 bits per heavy atom. The van der Waals surface area contributed by atoms with Gasteiger partial charge in [0.2, 0.25) is 0 Å². The molecule has 7 heteroatoms. The highest BCUT2D eigenvalue weighted by atomic mass is 35.5. The predicted octanol–water partition coefficient (Wildman–Crippen LogP) is 0.941. The number of nitrogens with two attached hydrogens (primary N) is 1. The Bertz CT molecular complexity index is 532. The van der Waals surface area contributed by atoms with Crippen molar-refractivity contribution in [3.8, 4) is 0 Å². The van der Waals surface area contributed by atoms with Gasteiger partial charge < -0.3 is 10.6 Å². The van der Waals surface area contributed by atoms with Crippen LogP contribution in [-0.2, 0) is 9.84 Å². The van der Waals surface area contributed by atoms with Crippen LogP contribution in [0.5, 0.6) is 0 Å². The van der Waals surface area contributed by atoms with Crippen molar-refractivity contribution in [1.29, 1.82) is 0 Å². The first-order valence-corrected chi connectivity index (χ1v) is 7.44. The van der Waals surface area contributed by atoms with Gasteiger partial charge in [-0.05, 0) is 18.6 Å². The smallest absolute Gasteiger partial charge is 0.153 e. The van der Waals surface area contributed by atoms with Crippen molar-refractivity contribution in [2.75, 3.05) is 29.2 Å². The molecule has 0 spiro atoms. The van der Waals surface area contributed by atoms with Gasteiger partial charge in [0, 0.05) is 13.1 Å². The Labute approximate surface area is 105 Å². The number of hydrogen-bond acceptors (Lipinski definition) is 5. The summed E-state index contributed by atoms with van der Waals surface area (Å²) in [5.41, 5.74) is 6.31. The van der Waals surface area contributed by atoms with Crippen LogP contribution in [0.25, 0.3) is 0 Å². The lowest BCUT2D eigenvalue weighted by molar-refractivity contribution is 0.600. The van der Waals surface area contributed by atoms with E-state index in [0.29, 0.717) is 23.1 Å². The van der Waals surface area contributed by atoms with Crippen LogP contribution >= 0.6 is 11.6 Å². The van der Waals surface area contributed by atoms with Gasteiger partial charge in [0.25, 0.3) is 0 Å². The minimum Gasteiger partial charge on any atom is -0.396 e. The number of nitrogens with zero attached hydrogens (tertiary/aromatic N) is 2. The van der Waals surface area contributed by atoms with E-state index >= 15 is 0 Å². The summed E-state index contributed by atoms with van der Waals surface area (Å²) >= 11 is 5.81. The monoisotopic (exact) mass is 275 g/mol. The van der Waals surface area contributed by atoms with E-state index in [2.05, 4.69) is 4.98 Å². The molecule has 2 N–H and O–H groups in total. The number of hydrogen-bond donors (Lipinski definition) is 1. The Kier molecular flexibility index (Phi) is 3.18. The molecule has 1 fully saturated rings.